The molecule has 1 aliphatic rings. The van der Waals surface area contributed by atoms with Gasteiger partial charge in [0.25, 0.3) is 0 Å². The van der Waals surface area contributed by atoms with Crippen LogP contribution in [0.4, 0.5) is 8.78 Å². The quantitative estimate of drug-likeness (QED) is 0.935. The molecule has 0 atom stereocenters. The number of hydrogen-bond acceptors (Lipinski definition) is 3. The van der Waals surface area contributed by atoms with Crippen molar-refractivity contribution in [2.75, 3.05) is 13.1 Å². The first-order chi connectivity index (χ1) is 9.74. The van der Waals surface area contributed by atoms with E-state index in [-0.39, 0.29) is 5.88 Å². The largest absolute Gasteiger partial charge is 0.417 e. The van der Waals surface area contributed by atoms with Gasteiger partial charge in [-0.2, -0.15) is 8.78 Å². The summed E-state index contributed by atoms with van der Waals surface area (Å²) in [5.41, 5.74) is 1.77. The van der Waals surface area contributed by atoms with E-state index in [2.05, 4.69) is 15.0 Å². The Hall–Kier alpha value is -1.75. The van der Waals surface area contributed by atoms with Gasteiger partial charge < -0.3 is 10.1 Å². The molecule has 5 heteroatoms. The number of fused-ring (bicyclic) bond motifs is 1. The molecule has 1 fully saturated rings. The maximum absolute atomic E-state index is 12.4. The molecule has 0 unspecified atom stereocenters. The Bertz CT molecular complexity index is 597. The second kappa shape index (κ2) is 5.71. The first-order valence-corrected chi connectivity index (χ1v) is 6.79. The molecule has 0 saturated carbocycles. The van der Waals surface area contributed by atoms with Crippen molar-refractivity contribution in [3.63, 3.8) is 0 Å². The van der Waals surface area contributed by atoms with Crippen molar-refractivity contribution < 1.29 is 13.5 Å². The monoisotopic (exact) mass is 278 g/mol. The summed E-state index contributed by atoms with van der Waals surface area (Å²) in [7, 11) is 0. The number of nitrogens with one attached hydrogen (secondary N) is 1. The molecule has 1 saturated heterocycles. The van der Waals surface area contributed by atoms with Crippen molar-refractivity contribution in [1.29, 1.82) is 0 Å². The van der Waals surface area contributed by atoms with Gasteiger partial charge in [0.1, 0.15) is 0 Å². The fraction of sp³-hybridized carbons (Fsp3) is 0.400. The third kappa shape index (κ3) is 2.72. The lowest BCUT2D eigenvalue weighted by Crippen LogP contribution is -2.26. The number of rotatable bonds is 3. The zero-order valence-electron chi connectivity index (χ0n) is 11.0. The van der Waals surface area contributed by atoms with E-state index < -0.39 is 6.61 Å². The van der Waals surface area contributed by atoms with E-state index in [1.54, 1.807) is 6.07 Å². The van der Waals surface area contributed by atoms with Gasteiger partial charge in [0.05, 0.1) is 5.52 Å². The van der Waals surface area contributed by atoms with Crippen LogP contribution in [0.25, 0.3) is 10.9 Å². The van der Waals surface area contributed by atoms with Crippen LogP contribution in [0.2, 0.25) is 0 Å². The normalized spacial score (nSPS) is 16.8. The van der Waals surface area contributed by atoms with E-state index >= 15 is 0 Å². The lowest BCUT2D eigenvalue weighted by Gasteiger charge is -2.24. The van der Waals surface area contributed by atoms with Crippen LogP contribution < -0.4 is 10.1 Å². The highest BCUT2D eigenvalue weighted by molar-refractivity contribution is 5.83. The smallest absolute Gasteiger partial charge is 0.388 e. The van der Waals surface area contributed by atoms with Gasteiger partial charge in [-0.3, -0.25) is 0 Å². The molecular weight excluding hydrogens is 262 g/mol. The topological polar surface area (TPSA) is 34.1 Å². The molecule has 1 aromatic carbocycles. The molecule has 2 aromatic rings. The predicted octanol–water partition coefficient (Wildman–Crippen LogP) is 3.30. The van der Waals surface area contributed by atoms with E-state index in [0.29, 0.717) is 11.4 Å². The molecule has 2 heterocycles. The molecule has 0 aliphatic carbocycles. The van der Waals surface area contributed by atoms with E-state index in [4.69, 9.17) is 0 Å². The van der Waals surface area contributed by atoms with Crippen molar-refractivity contribution in [3.8, 4) is 5.88 Å². The van der Waals surface area contributed by atoms with E-state index in [9.17, 15) is 8.78 Å². The van der Waals surface area contributed by atoms with Gasteiger partial charge in [-0.1, -0.05) is 18.2 Å². The molecule has 0 radical (unpaired) electrons. The maximum atomic E-state index is 12.4. The molecule has 3 nitrogen and oxygen atoms in total. The molecule has 1 aromatic heterocycles. The fourth-order valence-corrected chi connectivity index (χ4v) is 2.80. The first kappa shape index (κ1) is 13.2. The first-order valence-electron chi connectivity index (χ1n) is 6.79. The lowest BCUT2D eigenvalue weighted by molar-refractivity contribution is -0.0526. The van der Waals surface area contributed by atoms with Gasteiger partial charge in [0.2, 0.25) is 5.88 Å². The Morgan fingerprint density at radius 2 is 1.95 bits per heavy atom. The Morgan fingerprint density at radius 3 is 2.70 bits per heavy atom. The molecule has 1 aliphatic heterocycles. The standard InChI is InChI=1S/C15H16F2N2O/c16-15(17)20-14-9-12(10-5-7-18-8-6-10)11-3-1-2-4-13(11)19-14/h1-4,9-10,15,18H,5-8H2. The number of ether oxygens (including phenoxy) is 1. The third-order valence-electron chi connectivity index (χ3n) is 3.71. The molecule has 106 valence electrons. The van der Waals surface area contributed by atoms with Gasteiger partial charge in [-0.15, -0.1) is 0 Å². The number of alkyl halides is 2. The number of para-hydroxylation sites is 1. The zero-order valence-corrected chi connectivity index (χ0v) is 11.0. The highest BCUT2D eigenvalue weighted by Crippen LogP contribution is 2.33. The van der Waals surface area contributed by atoms with Gasteiger partial charge in [-0.25, -0.2) is 4.98 Å². The highest BCUT2D eigenvalue weighted by atomic mass is 19.3. The Morgan fingerprint density at radius 1 is 1.20 bits per heavy atom. The van der Waals surface area contributed by atoms with Crippen molar-refractivity contribution in [2.45, 2.75) is 25.4 Å². The molecule has 20 heavy (non-hydrogen) atoms. The average molecular weight is 278 g/mol. The third-order valence-corrected chi connectivity index (χ3v) is 3.71. The van der Waals surface area contributed by atoms with E-state index in [1.807, 2.05) is 24.3 Å². The summed E-state index contributed by atoms with van der Waals surface area (Å²) in [6, 6.07) is 9.30. The average Bonchev–Trinajstić information content (AvgIpc) is 2.47. The number of aromatic nitrogens is 1. The summed E-state index contributed by atoms with van der Waals surface area (Å²) in [6.45, 7) is -0.942. The summed E-state index contributed by atoms with van der Waals surface area (Å²) < 4.78 is 29.3. The van der Waals surface area contributed by atoms with Crippen LogP contribution in [0.5, 0.6) is 5.88 Å². The molecule has 0 amide bonds. The highest BCUT2D eigenvalue weighted by Gasteiger charge is 2.19. The maximum Gasteiger partial charge on any atom is 0.388 e. The Balaban J connectivity index is 2.06. The summed E-state index contributed by atoms with van der Waals surface area (Å²) >= 11 is 0. The van der Waals surface area contributed by atoms with Crippen LogP contribution in [-0.4, -0.2) is 24.7 Å². The second-order valence-electron chi connectivity index (χ2n) is 4.97. The lowest BCUT2D eigenvalue weighted by atomic mass is 9.88. The minimum Gasteiger partial charge on any atom is -0.417 e. The zero-order chi connectivity index (χ0) is 13.9. The van der Waals surface area contributed by atoms with Crippen molar-refractivity contribution in [3.05, 3.63) is 35.9 Å². The summed E-state index contributed by atoms with van der Waals surface area (Å²) in [4.78, 5) is 4.15. The number of pyridine rings is 1. The van der Waals surface area contributed by atoms with Crippen molar-refractivity contribution in [2.24, 2.45) is 0 Å². The number of nitrogens with zero attached hydrogens (tertiary/aromatic N) is 1. The van der Waals surface area contributed by atoms with Crippen molar-refractivity contribution >= 4 is 10.9 Å². The van der Waals surface area contributed by atoms with Crippen LogP contribution in [-0.2, 0) is 0 Å². The van der Waals surface area contributed by atoms with Crippen LogP contribution in [0.1, 0.15) is 24.3 Å². The van der Waals surface area contributed by atoms with Gasteiger partial charge in [0.15, 0.2) is 0 Å². The van der Waals surface area contributed by atoms with Crippen LogP contribution >= 0.6 is 0 Å². The summed E-state index contributed by atoms with van der Waals surface area (Å²) in [5, 5.41) is 4.34. The van der Waals surface area contributed by atoms with Gasteiger partial charge in [-0.05, 0) is 43.5 Å². The van der Waals surface area contributed by atoms with Crippen LogP contribution in [0.15, 0.2) is 30.3 Å². The minimum atomic E-state index is -2.84. The Labute approximate surface area is 116 Å². The number of hydrogen-bond donors (Lipinski definition) is 1. The van der Waals surface area contributed by atoms with Gasteiger partial charge in [0, 0.05) is 11.5 Å². The predicted molar refractivity (Wildman–Crippen MR) is 73.2 cm³/mol. The van der Waals surface area contributed by atoms with Crippen molar-refractivity contribution in [1.82, 2.24) is 10.3 Å². The molecule has 3 rings (SSSR count). The van der Waals surface area contributed by atoms with Crippen LogP contribution in [0.3, 0.4) is 0 Å². The Kier molecular flexibility index (Phi) is 3.78. The van der Waals surface area contributed by atoms with Crippen LogP contribution in [0, 0.1) is 0 Å². The van der Waals surface area contributed by atoms with E-state index in [1.165, 1.54) is 0 Å². The molecular formula is C15H16F2N2O. The summed E-state index contributed by atoms with van der Waals surface area (Å²) in [5.74, 6) is 0.372. The number of benzene rings is 1. The van der Waals surface area contributed by atoms with Gasteiger partial charge >= 0.3 is 6.61 Å². The molecule has 0 spiro atoms. The minimum absolute atomic E-state index is 0.00670. The SMILES string of the molecule is FC(F)Oc1cc(C2CCNCC2)c2ccccc2n1. The number of halogens is 2. The molecule has 1 N–H and O–H groups in total. The fourth-order valence-electron chi connectivity index (χ4n) is 2.80. The van der Waals surface area contributed by atoms with E-state index in [0.717, 1.165) is 36.9 Å². The molecule has 0 bridgehead atoms. The summed E-state index contributed by atoms with van der Waals surface area (Å²) in [6.07, 6.45) is 2.00. The number of piperidine rings is 1. The second-order valence-corrected chi connectivity index (χ2v) is 4.97.